The number of ether oxygens (including phenoxy) is 1. The lowest BCUT2D eigenvalue weighted by molar-refractivity contribution is -0.149. The summed E-state index contributed by atoms with van der Waals surface area (Å²) in [5.74, 6) is -2.15. The topological polar surface area (TPSA) is 95.9 Å². The van der Waals surface area contributed by atoms with Crippen LogP contribution in [0.3, 0.4) is 0 Å². The van der Waals surface area contributed by atoms with Gasteiger partial charge in [0.25, 0.3) is 0 Å². The van der Waals surface area contributed by atoms with Crippen molar-refractivity contribution in [3.8, 4) is 0 Å². The molecule has 2 amide bonds. The SMILES string of the molecule is COC(=O)N[C@@H](C(=O)N1C[C@H](F)C[C@H]1C(=O)O)C(C)C. The van der Waals surface area contributed by atoms with Gasteiger partial charge in [0.05, 0.1) is 13.7 Å². The number of carbonyl (C=O) groups is 3. The van der Waals surface area contributed by atoms with Crippen LogP contribution in [0, 0.1) is 5.92 Å². The third-order valence-electron chi connectivity index (χ3n) is 3.21. The fourth-order valence-corrected chi connectivity index (χ4v) is 2.14. The van der Waals surface area contributed by atoms with E-state index in [2.05, 4.69) is 10.1 Å². The maximum Gasteiger partial charge on any atom is 0.407 e. The standard InChI is InChI=1S/C12H19FN2O5/c1-6(2)9(14-12(19)20-3)10(16)15-5-7(13)4-8(15)11(17)18/h6-9H,4-5H2,1-3H3,(H,14,19)(H,17,18)/t7-,8+,9-/m1/s1. The number of methoxy groups -OCH3 is 1. The van der Waals surface area contributed by atoms with E-state index in [-0.39, 0.29) is 18.9 Å². The number of alkyl carbamates (subject to hydrolysis) is 1. The van der Waals surface area contributed by atoms with Crippen LogP contribution in [0.15, 0.2) is 0 Å². The largest absolute Gasteiger partial charge is 0.480 e. The number of alkyl halides is 1. The highest BCUT2D eigenvalue weighted by atomic mass is 19.1. The Balaban J connectivity index is 2.88. The van der Waals surface area contributed by atoms with Gasteiger partial charge in [-0.15, -0.1) is 0 Å². The van der Waals surface area contributed by atoms with E-state index in [1.807, 2.05) is 0 Å². The molecule has 0 aromatic heterocycles. The summed E-state index contributed by atoms with van der Waals surface area (Å²) in [5.41, 5.74) is 0. The van der Waals surface area contributed by atoms with Crippen LogP contribution in [0.2, 0.25) is 0 Å². The molecule has 8 heteroatoms. The first-order valence-corrected chi connectivity index (χ1v) is 6.29. The number of carbonyl (C=O) groups excluding carboxylic acids is 2. The van der Waals surface area contributed by atoms with Gasteiger partial charge in [0.2, 0.25) is 5.91 Å². The van der Waals surface area contributed by atoms with E-state index in [1.54, 1.807) is 13.8 Å². The number of hydrogen-bond acceptors (Lipinski definition) is 4. The second-order valence-electron chi connectivity index (χ2n) is 5.04. The molecule has 0 aliphatic carbocycles. The number of nitrogens with zero attached hydrogens (tertiary/aromatic N) is 1. The summed E-state index contributed by atoms with van der Waals surface area (Å²) in [6.07, 6.45) is -2.39. The van der Waals surface area contributed by atoms with Gasteiger partial charge in [-0.05, 0) is 5.92 Å². The lowest BCUT2D eigenvalue weighted by Crippen LogP contribution is -2.53. The molecule has 7 nitrogen and oxygen atoms in total. The average molecular weight is 290 g/mol. The first-order chi connectivity index (χ1) is 9.27. The molecule has 1 heterocycles. The van der Waals surface area contributed by atoms with Crippen molar-refractivity contribution in [1.82, 2.24) is 10.2 Å². The number of aliphatic carboxylic acids is 1. The Bertz CT molecular complexity index is 401. The minimum absolute atomic E-state index is 0.232. The smallest absolute Gasteiger partial charge is 0.407 e. The Morgan fingerprint density at radius 1 is 1.40 bits per heavy atom. The van der Waals surface area contributed by atoms with Crippen LogP contribution in [-0.4, -0.2) is 59.9 Å². The summed E-state index contributed by atoms with van der Waals surface area (Å²) >= 11 is 0. The van der Waals surface area contributed by atoms with Crippen LogP contribution < -0.4 is 5.32 Å². The van der Waals surface area contributed by atoms with E-state index >= 15 is 0 Å². The molecule has 0 aromatic carbocycles. The van der Waals surface area contributed by atoms with Gasteiger partial charge in [-0.2, -0.15) is 0 Å². The second kappa shape index (κ2) is 6.53. The van der Waals surface area contributed by atoms with Crippen LogP contribution in [0.1, 0.15) is 20.3 Å². The van der Waals surface area contributed by atoms with Gasteiger partial charge < -0.3 is 20.1 Å². The highest BCUT2D eigenvalue weighted by molar-refractivity contribution is 5.90. The zero-order valence-corrected chi connectivity index (χ0v) is 11.6. The molecule has 0 aromatic rings. The summed E-state index contributed by atoms with van der Waals surface area (Å²) < 4.78 is 17.8. The van der Waals surface area contributed by atoms with Crippen molar-refractivity contribution < 1.29 is 28.6 Å². The lowest BCUT2D eigenvalue weighted by Gasteiger charge is -2.28. The Morgan fingerprint density at radius 2 is 2.00 bits per heavy atom. The third kappa shape index (κ3) is 3.58. The highest BCUT2D eigenvalue weighted by Crippen LogP contribution is 2.22. The molecule has 1 saturated heterocycles. The zero-order chi connectivity index (χ0) is 15.4. The van der Waals surface area contributed by atoms with Crippen LogP contribution in [0.4, 0.5) is 9.18 Å². The maximum absolute atomic E-state index is 13.4. The van der Waals surface area contributed by atoms with Gasteiger partial charge in [0.15, 0.2) is 0 Å². The molecule has 1 aliphatic heterocycles. The normalized spacial score (nSPS) is 23.6. The van der Waals surface area contributed by atoms with Crippen LogP contribution in [-0.2, 0) is 14.3 Å². The molecule has 20 heavy (non-hydrogen) atoms. The van der Waals surface area contributed by atoms with Crippen LogP contribution in [0.25, 0.3) is 0 Å². The monoisotopic (exact) mass is 290 g/mol. The molecular weight excluding hydrogens is 271 g/mol. The Hall–Kier alpha value is -1.86. The number of nitrogens with one attached hydrogen (secondary N) is 1. The quantitative estimate of drug-likeness (QED) is 0.781. The van der Waals surface area contributed by atoms with E-state index < -0.39 is 36.2 Å². The van der Waals surface area contributed by atoms with Gasteiger partial charge in [0, 0.05) is 6.42 Å². The van der Waals surface area contributed by atoms with Crippen LogP contribution in [0.5, 0.6) is 0 Å². The van der Waals surface area contributed by atoms with Gasteiger partial charge in [-0.3, -0.25) is 4.79 Å². The van der Waals surface area contributed by atoms with Gasteiger partial charge >= 0.3 is 12.1 Å². The minimum atomic E-state index is -1.37. The van der Waals surface area contributed by atoms with E-state index in [1.165, 1.54) is 0 Å². The van der Waals surface area contributed by atoms with E-state index in [4.69, 9.17) is 5.11 Å². The molecule has 2 N–H and O–H groups in total. The van der Waals surface area contributed by atoms with E-state index in [9.17, 15) is 18.8 Å². The van der Waals surface area contributed by atoms with E-state index in [0.29, 0.717) is 0 Å². The maximum atomic E-state index is 13.4. The van der Waals surface area contributed by atoms with Crippen molar-refractivity contribution in [3.63, 3.8) is 0 Å². The van der Waals surface area contributed by atoms with E-state index in [0.717, 1.165) is 12.0 Å². The molecular formula is C12H19FN2O5. The van der Waals surface area contributed by atoms with Crippen LogP contribution >= 0.6 is 0 Å². The van der Waals surface area contributed by atoms with Crippen molar-refractivity contribution in [2.75, 3.05) is 13.7 Å². The number of hydrogen-bond donors (Lipinski definition) is 2. The Labute approximate surface area is 116 Å². The summed E-state index contributed by atoms with van der Waals surface area (Å²) in [6.45, 7) is 3.11. The molecule has 3 atom stereocenters. The minimum Gasteiger partial charge on any atom is -0.480 e. The number of halogens is 1. The highest BCUT2D eigenvalue weighted by Gasteiger charge is 2.42. The molecule has 114 valence electrons. The molecule has 0 radical (unpaired) electrons. The molecule has 1 fully saturated rings. The van der Waals surface area contributed by atoms with Gasteiger partial charge in [-0.25, -0.2) is 14.0 Å². The van der Waals surface area contributed by atoms with Gasteiger partial charge in [-0.1, -0.05) is 13.8 Å². The Kier molecular flexibility index (Phi) is 5.29. The fraction of sp³-hybridized carbons (Fsp3) is 0.750. The van der Waals surface area contributed by atoms with Crippen molar-refractivity contribution in [1.29, 1.82) is 0 Å². The van der Waals surface area contributed by atoms with Gasteiger partial charge in [0.1, 0.15) is 18.3 Å². The number of likely N-dealkylation sites (tertiary alicyclic amines) is 1. The first kappa shape index (κ1) is 16.2. The van der Waals surface area contributed by atoms with Crippen molar-refractivity contribution in [2.45, 2.75) is 38.5 Å². The average Bonchev–Trinajstić information content (AvgIpc) is 2.76. The second-order valence-corrected chi connectivity index (χ2v) is 5.04. The third-order valence-corrected chi connectivity index (χ3v) is 3.21. The molecule has 0 unspecified atom stereocenters. The Morgan fingerprint density at radius 3 is 2.45 bits per heavy atom. The molecule has 0 spiro atoms. The fourth-order valence-electron chi connectivity index (χ4n) is 2.14. The predicted molar refractivity (Wildman–Crippen MR) is 66.8 cm³/mol. The summed E-state index contributed by atoms with van der Waals surface area (Å²) in [6, 6.07) is -2.15. The summed E-state index contributed by atoms with van der Waals surface area (Å²) in [7, 11) is 1.16. The van der Waals surface area contributed by atoms with Crippen molar-refractivity contribution in [2.24, 2.45) is 5.92 Å². The summed E-state index contributed by atoms with van der Waals surface area (Å²) in [4.78, 5) is 35.6. The zero-order valence-electron chi connectivity index (χ0n) is 11.6. The number of carboxylic acid groups (broad SMARTS) is 1. The molecule has 1 rings (SSSR count). The lowest BCUT2D eigenvalue weighted by atomic mass is 10.0. The number of amides is 2. The number of carboxylic acids is 1. The molecule has 0 bridgehead atoms. The molecule has 1 aliphatic rings. The number of rotatable bonds is 4. The van der Waals surface area contributed by atoms with Crippen molar-refractivity contribution in [3.05, 3.63) is 0 Å². The first-order valence-electron chi connectivity index (χ1n) is 6.29. The molecule has 0 saturated carbocycles. The van der Waals surface area contributed by atoms with Crippen molar-refractivity contribution >= 4 is 18.0 Å². The predicted octanol–water partition coefficient (Wildman–Crippen LogP) is 0.391. The summed E-state index contributed by atoms with van der Waals surface area (Å²) in [5, 5.41) is 11.4.